The third-order valence-electron chi connectivity index (χ3n) is 7.99. The monoisotopic (exact) mass is 609 g/mol. The number of hydrogen-bond acceptors (Lipinski definition) is 6. The number of carbonyl (C=O) groups is 2. The molecule has 2 heterocycles. The van der Waals surface area contributed by atoms with Gasteiger partial charge in [0.25, 0.3) is 0 Å². The van der Waals surface area contributed by atoms with Gasteiger partial charge >= 0.3 is 6.03 Å². The molecular weight excluding hydrogens is 566 g/mol. The van der Waals surface area contributed by atoms with E-state index in [0.29, 0.717) is 22.8 Å². The molecule has 0 saturated carbocycles. The van der Waals surface area contributed by atoms with Gasteiger partial charge in [-0.15, -0.1) is 0 Å². The quantitative estimate of drug-likeness (QED) is 0.194. The number of benzene rings is 3. The fraction of sp³-hybridized carbons (Fsp3) is 0.361. The van der Waals surface area contributed by atoms with E-state index in [-0.39, 0.29) is 17.2 Å². The SMILES string of the molecule is COc1c(NC(=O)Nc2ccc(-c3ccc(CN4CCOCC4)nc3)c3ccccc23)cc(C(C)(C)C)cc1NC(=O)C(C)C. The summed E-state index contributed by atoms with van der Waals surface area (Å²) in [5, 5.41) is 10.9. The number of hydrogen-bond donors (Lipinski definition) is 3. The van der Waals surface area contributed by atoms with Crippen molar-refractivity contribution in [2.24, 2.45) is 5.92 Å². The fourth-order valence-electron chi connectivity index (χ4n) is 5.35. The van der Waals surface area contributed by atoms with E-state index in [1.165, 1.54) is 7.11 Å². The van der Waals surface area contributed by atoms with E-state index in [0.717, 1.165) is 66.0 Å². The summed E-state index contributed by atoms with van der Waals surface area (Å²) in [5.41, 5.74) is 5.42. The molecule has 0 aliphatic carbocycles. The van der Waals surface area contributed by atoms with Gasteiger partial charge in [0, 0.05) is 42.7 Å². The van der Waals surface area contributed by atoms with Crippen LogP contribution in [0.15, 0.2) is 66.9 Å². The van der Waals surface area contributed by atoms with Crippen LogP contribution >= 0.6 is 0 Å². The van der Waals surface area contributed by atoms with E-state index in [1.54, 1.807) is 0 Å². The van der Waals surface area contributed by atoms with E-state index in [9.17, 15) is 9.59 Å². The highest BCUT2D eigenvalue weighted by molar-refractivity contribution is 6.10. The first-order valence-corrected chi connectivity index (χ1v) is 15.4. The molecule has 236 valence electrons. The first-order chi connectivity index (χ1) is 21.5. The van der Waals surface area contributed by atoms with Crippen LogP contribution in [0.1, 0.15) is 45.9 Å². The van der Waals surface area contributed by atoms with Crippen LogP contribution in [0.4, 0.5) is 21.9 Å². The van der Waals surface area contributed by atoms with Crippen LogP contribution < -0.4 is 20.7 Å². The molecule has 9 nitrogen and oxygen atoms in total. The number of aromatic nitrogens is 1. The van der Waals surface area contributed by atoms with Crippen molar-refractivity contribution in [3.63, 3.8) is 0 Å². The van der Waals surface area contributed by atoms with E-state index in [4.69, 9.17) is 14.5 Å². The zero-order chi connectivity index (χ0) is 32.1. The summed E-state index contributed by atoms with van der Waals surface area (Å²) >= 11 is 0. The molecule has 3 N–H and O–H groups in total. The number of fused-ring (bicyclic) bond motifs is 1. The van der Waals surface area contributed by atoms with Gasteiger partial charge in [0.2, 0.25) is 5.91 Å². The van der Waals surface area contributed by atoms with Gasteiger partial charge in [0.15, 0.2) is 5.75 Å². The highest BCUT2D eigenvalue weighted by Crippen LogP contribution is 2.39. The van der Waals surface area contributed by atoms with Crippen molar-refractivity contribution in [3.8, 4) is 16.9 Å². The summed E-state index contributed by atoms with van der Waals surface area (Å²) in [6, 6.07) is 19.5. The molecule has 1 fully saturated rings. The Kier molecular flexibility index (Phi) is 9.70. The van der Waals surface area contributed by atoms with Gasteiger partial charge in [-0.05, 0) is 46.2 Å². The van der Waals surface area contributed by atoms with Crippen molar-refractivity contribution in [3.05, 3.63) is 78.1 Å². The second-order valence-corrected chi connectivity index (χ2v) is 12.7. The number of amides is 3. The Bertz CT molecular complexity index is 1670. The average Bonchev–Trinajstić information content (AvgIpc) is 3.01. The Morgan fingerprint density at radius 1 is 0.911 bits per heavy atom. The molecule has 0 unspecified atom stereocenters. The summed E-state index contributed by atoms with van der Waals surface area (Å²) in [6.45, 7) is 14.0. The smallest absolute Gasteiger partial charge is 0.323 e. The summed E-state index contributed by atoms with van der Waals surface area (Å²) in [4.78, 5) is 33.2. The normalized spacial score (nSPS) is 13.9. The van der Waals surface area contributed by atoms with Crippen LogP contribution in [0.5, 0.6) is 5.75 Å². The van der Waals surface area contributed by atoms with Gasteiger partial charge in [-0.3, -0.25) is 14.7 Å². The average molecular weight is 610 g/mol. The molecule has 4 aromatic rings. The van der Waals surface area contributed by atoms with Crippen molar-refractivity contribution >= 4 is 39.8 Å². The van der Waals surface area contributed by atoms with E-state index >= 15 is 0 Å². The Labute approximate surface area is 265 Å². The van der Waals surface area contributed by atoms with E-state index < -0.39 is 6.03 Å². The van der Waals surface area contributed by atoms with Crippen LogP contribution in [0.3, 0.4) is 0 Å². The predicted molar refractivity (Wildman–Crippen MR) is 181 cm³/mol. The zero-order valence-corrected chi connectivity index (χ0v) is 27.0. The Balaban J connectivity index is 1.40. The highest BCUT2D eigenvalue weighted by Gasteiger charge is 2.23. The van der Waals surface area contributed by atoms with Crippen LogP contribution in [0, 0.1) is 5.92 Å². The Morgan fingerprint density at radius 2 is 1.58 bits per heavy atom. The van der Waals surface area contributed by atoms with Crippen LogP contribution in [0.25, 0.3) is 21.9 Å². The van der Waals surface area contributed by atoms with Crippen molar-refractivity contribution in [1.29, 1.82) is 0 Å². The number of nitrogens with one attached hydrogen (secondary N) is 3. The molecule has 3 aromatic carbocycles. The van der Waals surface area contributed by atoms with Gasteiger partial charge in [-0.1, -0.05) is 71.0 Å². The molecule has 3 amide bonds. The fourth-order valence-corrected chi connectivity index (χ4v) is 5.35. The first-order valence-electron chi connectivity index (χ1n) is 15.4. The van der Waals surface area contributed by atoms with Crippen LogP contribution in [-0.2, 0) is 21.5 Å². The van der Waals surface area contributed by atoms with Crippen molar-refractivity contribution in [2.45, 2.75) is 46.6 Å². The lowest BCUT2D eigenvalue weighted by atomic mass is 9.86. The maximum Gasteiger partial charge on any atom is 0.323 e. The topological polar surface area (TPSA) is 105 Å². The minimum absolute atomic E-state index is 0.136. The Hall–Kier alpha value is -4.47. The summed E-state index contributed by atoms with van der Waals surface area (Å²) < 4.78 is 11.1. The number of rotatable bonds is 8. The standard InChI is InChI=1S/C36H43N5O4/c1-23(2)34(42)38-31-19-25(36(3,4)5)20-32(33(31)44-6)40-35(43)39-30-14-13-27(28-9-7-8-10-29(28)30)24-11-12-26(37-21-24)22-41-15-17-45-18-16-41/h7-14,19-21,23H,15-18,22H2,1-6H3,(H,38,42)(H2,39,40,43). The minimum Gasteiger partial charge on any atom is -0.492 e. The summed E-state index contributed by atoms with van der Waals surface area (Å²) in [7, 11) is 1.52. The maximum absolute atomic E-state index is 13.5. The molecule has 5 rings (SSSR count). The number of urea groups is 1. The Morgan fingerprint density at radius 3 is 2.20 bits per heavy atom. The molecule has 1 aliphatic rings. The summed E-state index contributed by atoms with van der Waals surface area (Å²) in [6.07, 6.45) is 1.92. The van der Waals surface area contributed by atoms with Crippen LogP contribution in [-0.4, -0.2) is 55.2 Å². The molecule has 0 bridgehead atoms. The van der Waals surface area contributed by atoms with Gasteiger partial charge < -0.3 is 25.4 Å². The first kappa shape index (κ1) is 31.9. The van der Waals surface area contributed by atoms with E-state index in [1.807, 2.05) is 62.5 Å². The second-order valence-electron chi connectivity index (χ2n) is 12.7. The van der Waals surface area contributed by atoms with Crippen molar-refractivity contribution in [2.75, 3.05) is 49.4 Å². The van der Waals surface area contributed by atoms with Crippen molar-refractivity contribution < 1.29 is 19.1 Å². The number of morpholine rings is 1. The van der Waals surface area contributed by atoms with Crippen LogP contribution in [0.2, 0.25) is 0 Å². The molecule has 45 heavy (non-hydrogen) atoms. The highest BCUT2D eigenvalue weighted by atomic mass is 16.5. The number of carbonyl (C=O) groups excluding carboxylic acids is 2. The predicted octanol–water partition coefficient (Wildman–Crippen LogP) is 7.28. The number of pyridine rings is 1. The lowest BCUT2D eigenvalue weighted by molar-refractivity contribution is -0.118. The third-order valence-corrected chi connectivity index (χ3v) is 7.99. The molecule has 1 saturated heterocycles. The number of ether oxygens (including phenoxy) is 2. The number of methoxy groups -OCH3 is 1. The molecule has 1 aromatic heterocycles. The molecular formula is C36H43N5O4. The zero-order valence-electron chi connectivity index (χ0n) is 27.0. The maximum atomic E-state index is 13.5. The lowest BCUT2D eigenvalue weighted by Gasteiger charge is -2.26. The molecule has 0 radical (unpaired) electrons. The van der Waals surface area contributed by atoms with Gasteiger partial charge in [-0.2, -0.15) is 0 Å². The minimum atomic E-state index is -0.424. The largest absolute Gasteiger partial charge is 0.492 e. The second kappa shape index (κ2) is 13.7. The molecule has 0 atom stereocenters. The number of nitrogens with zero attached hydrogens (tertiary/aromatic N) is 2. The molecule has 1 aliphatic heterocycles. The number of anilines is 3. The van der Waals surface area contributed by atoms with Crippen molar-refractivity contribution in [1.82, 2.24) is 9.88 Å². The van der Waals surface area contributed by atoms with Gasteiger partial charge in [0.1, 0.15) is 0 Å². The van der Waals surface area contributed by atoms with E-state index in [2.05, 4.69) is 59.8 Å². The third kappa shape index (κ3) is 7.61. The van der Waals surface area contributed by atoms with Gasteiger partial charge in [0.05, 0.1) is 43.1 Å². The lowest BCUT2D eigenvalue weighted by Crippen LogP contribution is -2.35. The molecule has 9 heteroatoms. The summed E-state index contributed by atoms with van der Waals surface area (Å²) in [5.74, 6) is 0.0351. The molecule has 0 spiro atoms. The van der Waals surface area contributed by atoms with Gasteiger partial charge in [-0.25, -0.2) is 4.79 Å².